The molecule has 0 bridgehead atoms. The maximum absolute atomic E-state index is 12.1. The van der Waals surface area contributed by atoms with E-state index in [1.807, 2.05) is 44.2 Å². The second-order valence-electron chi connectivity index (χ2n) is 5.01. The van der Waals surface area contributed by atoms with Gasteiger partial charge in [-0.2, -0.15) is 0 Å². The van der Waals surface area contributed by atoms with E-state index in [4.69, 9.17) is 10.5 Å². The number of nitrogens with two attached hydrogens (primary N) is 1. The fourth-order valence-corrected chi connectivity index (χ4v) is 2.24. The van der Waals surface area contributed by atoms with Crippen molar-refractivity contribution in [2.24, 2.45) is 5.73 Å². The predicted octanol–water partition coefficient (Wildman–Crippen LogP) is 2.18. The minimum Gasteiger partial charge on any atom is -0.378 e. The van der Waals surface area contributed by atoms with Crippen molar-refractivity contribution in [2.75, 3.05) is 13.2 Å². The monoisotopic (exact) mass is 278 g/mol. The van der Waals surface area contributed by atoms with Crippen molar-refractivity contribution in [2.45, 2.75) is 45.3 Å². The molecule has 1 aromatic carbocycles. The maximum Gasteiger partial charge on any atom is 0.242 e. The highest BCUT2D eigenvalue weighted by Crippen LogP contribution is 2.25. The van der Waals surface area contributed by atoms with Crippen molar-refractivity contribution in [3.63, 3.8) is 0 Å². The Hall–Kier alpha value is -1.39. The lowest BCUT2D eigenvalue weighted by Crippen LogP contribution is -2.53. The molecule has 4 heteroatoms. The van der Waals surface area contributed by atoms with Gasteiger partial charge in [-0.1, -0.05) is 44.2 Å². The third-order valence-corrected chi connectivity index (χ3v) is 3.62. The van der Waals surface area contributed by atoms with Gasteiger partial charge in [0.1, 0.15) is 5.54 Å². The molecule has 0 aromatic heterocycles. The van der Waals surface area contributed by atoms with Crippen LogP contribution in [0.25, 0.3) is 0 Å². The first kappa shape index (κ1) is 16.7. The van der Waals surface area contributed by atoms with Crippen LogP contribution in [0.1, 0.15) is 39.2 Å². The van der Waals surface area contributed by atoms with E-state index in [1.54, 1.807) is 0 Å². The topological polar surface area (TPSA) is 64.3 Å². The van der Waals surface area contributed by atoms with Gasteiger partial charge >= 0.3 is 0 Å². The van der Waals surface area contributed by atoms with Gasteiger partial charge in [-0.15, -0.1) is 0 Å². The minimum absolute atomic E-state index is 0.193. The summed E-state index contributed by atoms with van der Waals surface area (Å²) in [5, 5.41) is 3.25. The lowest BCUT2D eigenvalue weighted by molar-refractivity contribution is -0.126. The zero-order chi connectivity index (χ0) is 15.0. The summed E-state index contributed by atoms with van der Waals surface area (Å²) < 4.78 is 5.72. The molecule has 0 heterocycles. The summed E-state index contributed by atoms with van der Waals surface area (Å²) in [6, 6.07) is 9.62. The number of nitrogens with one attached hydrogen (secondary N) is 1. The van der Waals surface area contributed by atoms with Gasteiger partial charge in [0.15, 0.2) is 0 Å². The molecule has 3 N–H and O–H groups in total. The minimum atomic E-state index is -0.858. The van der Waals surface area contributed by atoms with Gasteiger partial charge in [0.2, 0.25) is 5.91 Å². The van der Waals surface area contributed by atoms with Crippen molar-refractivity contribution in [3.05, 3.63) is 35.9 Å². The Balaban J connectivity index is 2.92. The van der Waals surface area contributed by atoms with Gasteiger partial charge < -0.3 is 10.5 Å². The Labute approximate surface area is 121 Å². The highest BCUT2D eigenvalue weighted by Gasteiger charge is 2.37. The van der Waals surface area contributed by atoms with Crippen LogP contribution in [-0.2, 0) is 15.1 Å². The number of benzene rings is 1. The van der Waals surface area contributed by atoms with Crippen LogP contribution in [0.3, 0.4) is 0 Å². The Bertz CT molecular complexity index is 408. The molecule has 20 heavy (non-hydrogen) atoms. The molecule has 1 aromatic rings. The summed E-state index contributed by atoms with van der Waals surface area (Å²) in [5.41, 5.74) is 5.72. The number of ether oxygens (including phenoxy) is 1. The van der Waals surface area contributed by atoms with Gasteiger partial charge in [0.05, 0.1) is 6.10 Å². The molecule has 1 rings (SSSR count). The van der Waals surface area contributed by atoms with Gasteiger partial charge in [-0.25, -0.2) is 0 Å². The molecule has 1 amide bonds. The zero-order valence-electron chi connectivity index (χ0n) is 12.7. The average Bonchev–Trinajstić information content (AvgIpc) is 2.46. The third kappa shape index (κ3) is 4.05. The average molecular weight is 278 g/mol. The molecule has 112 valence electrons. The molecule has 2 unspecified atom stereocenters. The Kier molecular flexibility index (Phi) is 6.68. The van der Waals surface area contributed by atoms with Crippen molar-refractivity contribution < 1.29 is 9.53 Å². The molecule has 2 atom stereocenters. The maximum atomic E-state index is 12.1. The van der Waals surface area contributed by atoms with E-state index in [0.717, 1.165) is 12.0 Å². The second-order valence-corrected chi connectivity index (χ2v) is 5.01. The first-order valence-corrected chi connectivity index (χ1v) is 7.28. The molecule has 4 nitrogen and oxygen atoms in total. The number of amides is 1. The number of likely N-dealkylation sites (N-methyl/N-ethyl adjacent to an activating group) is 1. The molecular formula is C16H26N2O2. The molecule has 0 aliphatic carbocycles. The standard InChI is InChI=1S/C16H26N2O2/c1-4-13(3)20-12-11-16(15(17)19,18-5-2)14-9-7-6-8-10-14/h6-10,13,18H,4-5,11-12H2,1-3H3,(H2,17,19). The Morgan fingerprint density at radius 2 is 2.00 bits per heavy atom. The number of carbonyl (C=O) groups excluding carboxylic acids is 1. The first-order chi connectivity index (χ1) is 9.56. The van der Waals surface area contributed by atoms with Gasteiger partial charge in [0, 0.05) is 13.0 Å². The van der Waals surface area contributed by atoms with Crippen LogP contribution in [0, 0.1) is 0 Å². The smallest absolute Gasteiger partial charge is 0.242 e. The summed E-state index contributed by atoms with van der Waals surface area (Å²) in [4.78, 5) is 12.1. The molecule has 0 aliphatic rings. The second kappa shape index (κ2) is 8.02. The molecule has 0 fully saturated rings. The van der Waals surface area contributed by atoms with Crippen LogP contribution in [0.4, 0.5) is 0 Å². The number of hydrogen-bond acceptors (Lipinski definition) is 3. The third-order valence-electron chi connectivity index (χ3n) is 3.62. The first-order valence-electron chi connectivity index (χ1n) is 7.28. The van der Waals surface area contributed by atoms with E-state index in [9.17, 15) is 4.79 Å². The van der Waals surface area contributed by atoms with Crippen molar-refractivity contribution in [3.8, 4) is 0 Å². The highest BCUT2D eigenvalue weighted by molar-refractivity contribution is 5.86. The van der Waals surface area contributed by atoms with Gasteiger partial charge in [0.25, 0.3) is 0 Å². The fourth-order valence-electron chi connectivity index (χ4n) is 2.24. The van der Waals surface area contributed by atoms with E-state index in [-0.39, 0.29) is 12.0 Å². The fraction of sp³-hybridized carbons (Fsp3) is 0.562. The van der Waals surface area contributed by atoms with E-state index in [2.05, 4.69) is 12.2 Å². The van der Waals surface area contributed by atoms with Crippen molar-refractivity contribution in [1.82, 2.24) is 5.32 Å². The van der Waals surface area contributed by atoms with Crippen LogP contribution in [0.2, 0.25) is 0 Å². The molecule has 0 saturated heterocycles. The number of rotatable bonds is 9. The zero-order valence-corrected chi connectivity index (χ0v) is 12.7. The van der Waals surface area contributed by atoms with Crippen molar-refractivity contribution in [1.29, 1.82) is 0 Å². The molecular weight excluding hydrogens is 252 g/mol. The Morgan fingerprint density at radius 1 is 1.35 bits per heavy atom. The summed E-state index contributed by atoms with van der Waals surface area (Å²) in [7, 11) is 0. The van der Waals surface area contributed by atoms with E-state index < -0.39 is 5.54 Å². The summed E-state index contributed by atoms with van der Waals surface area (Å²) in [6.07, 6.45) is 1.68. The molecule has 0 aliphatic heterocycles. The number of carbonyl (C=O) groups is 1. The quantitative estimate of drug-likeness (QED) is 0.727. The summed E-state index contributed by atoms with van der Waals surface area (Å²) >= 11 is 0. The van der Waals surface area contributed by atoms with Crippen LogP contribution < -0.4 is 11.1 Å². The number of hydrogen-bond donors (Lipinski definition) is 2. The highest BCUT2D eigenvalue weighted by atomic mass is 16.5. The lowest BCUT2D eigenvalue weighted by atomic mass is 9.86. The summed E-state index contributed by atoms with van der Waals surface area (Å²) in [5.74, 6) is -0.363. The van der Waals surface area contributed by atoms with Crippen LogP contribution in [0.5, 0.6) is 0 Å². The largest absolute Gasteiger partial charge is 0.378 e. The van der Waals surface area contributed by atoms with Gasteiger partial charge in [-0.05, 0) is 25.5 Å². The normalized spacial score (nSPS) is 15.6. The van der Waals surface area contributed by atoms with Crippen LogP contribution in [0.15, 0.2) is 30.3 Å². The molecule has 0 saturated carbocycles. The van der Waals surface area contributed by atoms with Gasteiger partial charge in [-0.3, -0.25) is 10.1 Å². The van der Waals surface area contributed by atoms with E-state index >= 15 is 0 Å². The Morgan fingerprint density at radius 3 is 2.50 bits per heavy atom. The number of primary amides is 1. The lowest BCUT2D eigenvalue weighted by Gasteiger charge is -2.32. The van der Waals surface area contributed by atoms with Crippen LogP contribution >= 0.6 is 0 Å². The SMILES string of the molecule is CCNC(CCOC(C)CC)(C(N)=O)c1ccccc1. The van der Waals surface area contributed by atoms with Crippen molar-refractivity contribution >= 4 is 5.91 Å². The van der Waals surface area contributed by atoms with E-state index in [0.29, 0.717) is 19.6 Å². The van der Waals surface area contributed by atoms with Crippen LogP contribution in [-0.4, -0.2) is 25.2 Å². The summed E-state index contributed by atoms with van der Waals surface area (Å²) in [6.45, 7) is 7.24. The molecule has 0 radical (unpaired) electrons. The molecule has 0 spiro atoms. The van der Waals surface area contributed by atoms with E-state index in [1.165, 1.54) is 0 Å². The predicted molar refractivity (Wildman–Crippen MR) is 81.3 cm³/mol.